The number of nitrogens with zero attached hydrogens (tertiary/aromatic N) is 1. The minimum atomic E-state index is -0.0209. The topological polar surface area (TPSA) is 58.4 Å². The van der Waals surface area contributed by atoms with Crippen LogP contribution in [0.5, 0.6) is 0 Å². The van der Waals surface area contributed by atoms with E-state index in [4.69, 9.17) is 5.73 Å². The highest BCUT2D eigenvalue weighted by atomic mass is 16.1. The first-order valence-corrected chi connectivity index (χ1v) is 6.93. The van der Waals surface area contributed by atoms with Crippen molar-refractivity contribution in [2.75, 3.05) is 26.7 Å². The summed E-state index contributed by atoms with van der Waals surface area (Å²) >= 11 is 0. The number of carbonyl (C=O) groups excluding carboxylic acids is 1. The second-order valence-electron chi connectivity index (χ2n) is 4.81. The lowest BCUT2D eigenvalue weighted by Crippen LogP contribution is -2.33. The molecule has 19 heavy (non-hydrogen) atoms. The summed E-state index contributed by atoms with van der Waals surface area (Å²) in [4.78, 5) is 14.1. The molecule has 106 valence electrons. The Bertz CT molecular complexity index is 375. The van der Waals surface area contributed by atoms with Crippen molar-refractivity contribution < 1.29 is 4.79 Å². The third kappa shape index (κ3) is 5.85. The van der Waals surface area contributed by atoms with E-state index in [2.05, 4.69) is 24.2 Å². The number of nitrogens with two attached hydrogens (primary N) is 1. The van der Waals surface area contributed by atoms with Gasteiger partial charge in [-0.1, -0.05) is 25.5 Å². The normalized spacial score (nSPS) is 10.7. The van der Waals surface area contributed by atoms with Gasteiger partial charge in [-0.3, -0.25) is 4.79 Å². The molecule has 1 rings (SSSR count). The maximum Gasteiger partial charge on any atom is 0.251 e. The van der Waals surface area contributed by atoms with E-state index in [1.54, 1.807) is 0 Å². The lowest BCUT2D eigenvalue weighted by molar-refractivity contribution is 0.0950. The predicted molar refractivity (Wildman–Crippen MR) is 79.1 cm³/mol. The molecule has 0 heterocycles. The summed E-state index contributed by atoms with van der Waals surface area (Å²) in [6, 6.07) is 7.42. The van der Waals surface area contributed by atoms with E-state index in [1.165, 1.54) is 12.8 Å². The van der Waals surface area contributed by atoms with Crippen molar-refractivity contribution in [2.24, 2.45) is 5.73 Å². The summed E-state index contributed by atoms with van der Waals surface area (Å²) in [5.41, 5.74) is 7.25. The van der Waals surface area contributed by atoms with E-state index in [1.807, 2.05) is 24.3 Å². The van der Waals surface area contributed by atoms with E-state index >= 15 is 0 Å². The van der Waals surface area contributed by atoms with E-state index in [-0.39, 0.29) is 5.91 Å². The maximum atomic E-state index is 11.9. The number of amides is 1. The molecule has 0 aromatic heterocycles. The van der Waals surface area contributed by atoms with Crippen molar-refractivity contribution in [1.29, 1.82) is 0 Å². The molecule has 1 aromatic carbocycles. The Hall–Kier alpha value is -1.39. The number of likely N-dealkylation sites (N-methyl/N-ethyl adjacent to an activating group) is 1. The number of benzene rings is 1. The van der Waals surface area contributed by atoms with E-state index < -0.39 is 0 Å². The Morgan fingerprint density at radius 3 is 2.53 bits per heavy atom. The minimum Gasteiger partial charge on any atom is -0.351 e. The SMILES string of the molecule is CCCCN(C)CCNC(=O)c1ccc(CN)cc1. The lowest BCUT2D eigenvalue weighted by Gasteiger charge is -2.16. The first kappa shape index (κ1) is 15.7. The molecule has 0 aliphatic heterocycles. The van der Waals surface area contributed by atoms with Crippen molar-refractivity contribution in [3.05, 3.63) is 35.4 Å². The lowest BCUT2D eigenvalue weighted by atomic mass is 10.1. The van der Waals surface area contributed by atoms with Gasteiger partial charge in [0.05, 0.1) is 0 Å². The summed E-state index contributed by atoms with van der Waals surface area (Å²) in [5, 5.41) is 2.93. The molecule has 0 aliphatic carbocycles. The van der Waals surface area contributed by atoms with Crippen molar-refractivity contribution in [3.8, 4) is 0 Å². The van der Waals surface area contributed by atoms with Gasteiger partial charge in [0.1, 0.15) is 0 Å². The molecule has 0 unspecified atom stereocenters. The quantitative estimate of drug-likeness (QED) is 0.749. The molecule has 0 radical (unpaired) electrons. The zero-order chi connectivity index (χ0) is 14.1. The van der Waals surface area contributed by atoms with E-state index in [9.17, 15) is 4.79 Å². The Morgan fingerprint density at radius 1 is 1.26 bits per heavy atom. The van der Waals surface area contributed by atoms with Crippen LogP contribution in [0.3, 0.4) is 0 Å². The number of hydrogen-bond acceptors (Lipinski definition) is 3. The van der Waals surface area contributed by atoms with Crippen LogP contribution in [0.1, 0.15) is 35.7 Å². The zero-order valence-electron chi connectivity index (χ0n) is 12.0. The van der Waals surface area contributed by atoms with Gasteiger partial charge in [0, 0.05) is 25.2 Å². The number of hydrogen-bond donors (Lipinski definition) is 2. The van der Waals surface area contributed by atoms with Crippen LogP contribution in [0.4, 0.5) is 0 Å². The molecule has 0 saturated carbocycles. The average molecular weight is 263 g/mol. The molecule has 4 heteroatoms. The molecular weight excluding hydrogens is 238 g/mol. The fourth-order valence-electron chi connectivity index (χ4n) is 1.79. The number of nitrogens with one attached hydrogen (secondary N) is 1. The average Bonchev–Trinajstić information content (AvgIpc) is 2.45. The highest BCUT2D eigenvalue weighted by Gasteiger charge is 2.05. The van der Waals surface area contributed by atoms with Crippen molar-refractivity contribution in [2.45, 2.75) is 26.3 Å². The highest BCUT2D eigenvalue weighted by Crippen LogP contribution is 2.03. The summed E-state index contributed by atoms with van der Waals surface area (Å²) in [5.74, 6) is -0.0209. The molecule has 0 fully saturated rings. The summed E-state index contributed by atoms with van der Waals surface area (Å²) in [6.45, 7) is 5.33. The van der Waals surface area contributed by atoms with Gasteiger partial charge in [0.15, 0.2) is 0 Å². The van der Waals surface area contributed by atoms with Crippen LogP contribution in [0.2, 0.25) is 0 Å². The van der Waals surface area contributed by atoms with Gasteiger partial charge < -0.3 is 16.0 Å². The van der Waals surface area contributed by atoms with Gasteiger partial charge in [-0.15, -0.1) is 0 Å². The Balaban J connectivity index is 2.30. The van der Waals surface area contributed by atoms with Gasteiger partial charge >= 0.3 is 0 Å². The standard InChI is InChI=1S/C15H25N3O/c1-3-4-10-18(2)11-9-17-15(19)14-7-5-13(12-16)6-8-14/h5-8H,3-4,9-12,16H2,1-2H3,(H,17,19). The van der Waals surface area contributed by atoms with Crippen LogP contribution in [-0.2, 0) is 6.54 Å². The molecule has 0 bridgehead atoms. The first-order chi connectivity index (χ1) is 9.17. The zero-order valence-corrected chi connectivity index (χ0v) is 12.0. The van der Waals surface area contributed by atoms with Crippen molar-refractivity contribution in [1.82, 2.24) is 10.2 Å². The minimum absolute atomic E-state index is 0.0209. The molecule has 4 nitrogen and oxygen atoms in total. The van der Waals surface area contributed by atoms with E-state index in [0.717, 1.165) is 18.7 Å². The first-order valence-electron chi connectivity index (χ1n) is 6.93. The molecule has 1 amide bonds. The largest absolute Gasteiger partial charge is 0.351 e. The van der Waals surface area contributed by atoms with Crippen LogP contribution in [0, 0.1) is 0 Å². The summed E-state index contributed by atoms with van der Waals surface area (Å²) in [6.07, 6.45) is 2.40. The number of carbonyl (C=O) groups is 1. The molecule has 3 N–H and O–H groups in total. The molecular formula is C15H25N3O. The van der Waals surface area contributed by atoms with Crippen LogP contribution in [0.15, 0.2) is 24.3 Å². The number of unbranched alkanes of at least 4 members (excludes halogenated alkanes) is 1. The van der Waals surface area contributed by atoms with Crippen LogP contribution in [-0.4, -0.2) is 37.5 Å². The van der Waals surface area contributed by atoms with E-state index in [0.29, 0.717) is 18.7 Å². The van der Waals surface area contributed by atoms with Gasteiger partial charge in [-0.25, -0.2) is 0 Å². The molecule has 0 atom stereocenters. The van der Waals surface area contributed by atoms with Gasteiger partial charge in [0.25, 0.3) is 5.91 Å². The van der Waals surface area contributed by atoms with Gasteiger partial charge in [-0.05, 0) is 37.7 Å². The Labute approximate surface area is 116 Å². The van der Waals surface area contributed by atoms with Crippen LogP contribution < -0.4 is 11.1 Å². The van der Waals surface area contributed by atoms with Crippen molar-refractivity contribution in [3.63, 3.8) is 0 Å². The van der Waals surface area contributed by atoms with Gasteiger partial charge in [0.2, 0.25) is 0 Å². The Kier molecular flexibility index (Phi) is 7.15. The molecule has 0 aliphatic rings. The van der Waals surface area contributed by atoms with Crippen LogP contribution >= 0.6 is 0 Å². The third-order valence-corrected chi connectivity index (χ3v) is 3.12. The second kappa shape index (κ2) is 8.67. The fourth-order valence-corrected chi connectivity index (χ4v) is 1.79. The third-order valence-electron chi connectivity index (χ3n) is 3.12. The fraction of sp³-hybridized carbons (Fsp3) is 0.533. The molecule has 0 spiro atoms. The highest BCUT2D eigenvalue weighted by molar-refractivity contribution is 5.94. The Morgan fingerprint density at radius 2 is 1.95 bits per heavy atom. The second-order valence-corrected chi connectivity index (χ2v) is 4.81. The molecule has 0 saturated heterocycles. The van der Waals surface area contributed by atoms with Crippen molar-refractivity contribution >= 4 is 5.91 Å². The van der Waals surface area contributed by atoms with Gasteiger partial charge in [-0.2, -0.15) is 0 Å². The summed E-state index contributed by atoms with van der Waals surface area (Å²) < 4.78 is 0. The van der Waals surface area contributed by atoms with Crippen LogP contribution in [0.25, 0.3) is 0 Å². The molecule has 1 aromatic rings. The maximum absolute atomic E-state index is 11.9. The summed E-state index contributed by atoms with van der Waals surface area (Å²) in [7, 11) is 2.08. The smallest absolute Gasteiger partial charge is 0.251 e. The predicted octanol–water partition coefficient (Wildman–Crippen LogP) is 1.61. The number of rotatable bonds is 8. The monoisotopic (exact) mass is 263 g/mol.